The fourth-order valence-electron chi connectivity index (χ4n) is 3.54. The average molecular weight is 529 g/mol. The third-order valence-electron chi connectivity index (χ3n) is 5.27. The largest absolute Gasteiger partial charge is 0.352 e. The molecule has 1 atom stereocenters. The second-order valence-electron chi connectivity index (χ2n) is 8.40. The first kappa shape index (κ1) is 28.0. The molecule has 1 N–H and O–H groups in total. The number of anilines is 1. The topological polar surface area (TPSA) is 86.8 Å². The van der Waals surface area contributed by atoms with Crippen molar-refractivity contribution in [3.63, 3.8) is 0 Å². The number of hydrogen-bond donors (Lipinski definition) is 1. The van der Waals surface area contributed by atoms with E-state index < -0.39 is 28.5 Å². The van der Waals surface area contributed by atoms with Gasteiger partial charge in [0.15, 0.2) is 0 Å². The van der Waals surface area contributed by atoms with Gasteiger partial charge in [0, 0.05) is 17.6 Å². The number of amides is 2. The van der Waals surface area contributed by atoms with E-state index in [1.807, 2.05) is 52.0 Å². The van der Waals surface area contributed by atoms with E-state index in [4.69, 9.17) is 23.2 Å². The number of benzene rings is 2. The highest BCUT2D eigenvalue weighted by Gasteiger charge is 2.32. The highest BCUT2D eigenvalue weighted by molar-refractivity contribution is 7.92. The molecular formula is C24H31Cl2N3O4S. The molecule has 0 heterocycles. The van der Waals surface area contributed by atoms with E-state index in [0.717, 1.165) is 21.7 Å². The van der Waals surface area contributed by atoms with Crippen molar-refractivity contribution >= 4 is 50.7 Å². The minimum absolute atomic E-state index is 0.0977. The molecule has 0 saturated heterocycles. The quantitative estimate of drug-likeness (QED) is 0.495. The molecule has 34 heavy (non-hydrogen) atoms. The van der Waals surface area contributed by atoms with Gasteiger partial charge in [0.2, 0.25) is 21.8 Å². The van der Waals surface area contributed by atoms with Crippen LogP contribution in [0.25, 0.3) is 0 Å². The van der Waals surface area contributed by atoms with Crippen molar-refractivity contribution in [3.05, 3.63) is 63.6 Å². The van der Waals surface area contributed by atoms with Crippen molar-refractivity contribution in [2.45, 2.75) is 52.7 Å². The molecule has 2 amide bonds. The number of aryl methyl sites for hydroxylation is 1. The summed E-state index contributed by atoms with van der Waals surface area (Å²) in [7, 11) is -3.90. The van der Waals surface area contributed by atoms with E-state index in [1.54, 1.807) is 0 Å². The number of nitrogens with zero attached hydrogens (tertiary/aromatic N) is 2. The van der Waals surface area contributed by atoms with Gasteiger partial charge in [-0.25, -0.2) is 8.42 Å². The van der Waals surface area contributed by atoms with Gasteiger partial charge in [-0.05, 0) is 56.5 Å². The van der Waals surface area contributed by atoms with E-state index in [9.17, 15) is 18.0 Å². The van der Waals surface area contributed by atoms with Crippen LogP contribution in [0, 0.1) is 6.92 Å². The Balaban J connectivity index is 2.50. The van der Waals surface area contributed by atoms with Gasteiger partial charge >= 0.3 is 0 Å². The summed E-state index contributed by atoms with van der Waals surface area (Å²) in [6.45, 7) is 7.02. The molecule has 0 aliphatic carbocycles. The van der Waals surface area contributed by atoms with Gasteiger partial charge in [0.25, 0.3) is 0 Å². The molecule has 10 heteroatoms. The Morgan fingerprint density at radius 3 is 2.29 bits per heavy atom. The SMILES string of the molecule is CC[C@@H](C(=O)NC(C)C)N(Cc1ccccc1C)C(=O)CN(c1cc(Cl)ccc1Cl)S(C)(=O)=O. The predicted octanol–water partition coefficient (Wildman–Crippen LogP) is 4.40. The van der Waals surface area contributed by atoms with Crippen molar-refractivity contribution < 1.29 is 18.0 Å². The molecular weight excluding hydrogens is 497 g/mol. The van der Waals surface area contributed by atoms with Crippen molar-refractivity contribution in [2.24, 2.45) is 0 Å². The number of halogens is 2. The summed E-state index contributed by atoms with van der Waals surface area (Å²) in [6, 6.07) is 11.0. The third kappa shape index (κ3) is 7.35. The van der Waals surface area contributed by atoms with Crippen LogP contribution in [0.3, 0.4) is 0 Å². The predicted molar refractivity (Wildman–Crippen MR) is 138 cm³/mol. The molecule has 0 bridgehead atoms. The summed E-state index contributed by atoms with van der Waals surface area (Å²) in [6.07, 6.45) is 1.35. The van der Waals surface area contributed by atoms with Crippen LogP contribution in [0.4, 0.5) is 5.69 Å². The summed E-state index contributed by atoms with van der Waals surface area (Å²) in [5.41, 5.74) is 1.91. The summed E-state index contributed by atoms with van der Waals surface area (Å²) in [4.78, 5) is 28.0. The van der Waals surface area contributed by atoms with Crippen LogP contribution in [-0.2, 0) is 26.2 Å². The molecule has 7 nitrogen and oxygen atoms in total. The molecule has 0 aliphatic rings. The number of sulfonamides is 1. The van der Waals surface area contributed by atoms with Crippen LogP contribution in [0.15, 0.2) is 42.5 Å². The zero-order valence-corrected chi connectivity index (χ0v) is 22.3. The van der Waals surface area contributed by atoms with Gasteiger partial charge in [-0.3, -0.25) is 13.9 Å². The van der Waals surface area contributed by atoms with Crippen molar-refractivity contribution in [1.29, 1.82) is 0 Å². The molecule has 2 aromatic carbocycles. The van der Waals surface area contributed by atoms with Crippen molar-refractivity contribution in [2.75, 3.05) is 17.1 Å². The highest BCUT2D eigenvalue weighted by atomic mass is 35.5. The minimum atomic E-state index is -3.90. The Morgan fingerprint density at radius 1 is 1.09 bits per heavy atom. The first-order valence-electron chi connectivity index (χ1n) is 10.9. The Bertz CT molecular complexity index is 1140. The van der Waals surface area contributed by atoms with E-state index in [-0.39, 0.29) is 34.2 Å². The number of carbonyl (C=O) groups excluding carboxylic acids is 2. The molecule has 186 valence electrons. The Labute approximate surface area is 212 Å². The molecule has 0 unspecified atom stereocenters. The normalized spacial score (nSPS) is 12.4. The minimum Gasteiger partial charge on any atom is -0.352 e. The Hall–Kier alpha value is -2.29. The molecule has 0 aromatic heterocycles. The second kappa shape index (κ2) is 11.9. The van der Waals surface area contributed by atoms with Gasteiger partial charge in [0.05, 0.1) is 17.0 Å². The number of hydrogen-bond acceptors (Lipinski definition) is 4. The number of nitrogens with one attached hydrogen (secondary N) is 1. The third-order valence-corrected chi connectivity index (χ3v) is 6.96. The zero-order valence-electron chi connectivity index (χ0n) is 20.0. The lowest BCUT2D eigenvalue weighted by Crippen LogP contribution is -2.53. The highest BCUT2D eigenvalue weighted by Crippen LogP contribution is 2.31. The molecule has 0 radical (unpaired) electrons. The van der Waals surface area contributed by atoms with E-state index in [0.29, 0.717) is 6.42 Å². The fraction of sp³-hybridized carbons (Fsp3) is 0.417. The maximum absolute atomic E-state index is 13.6. The maximum atomic E-state index is 13.6. The molecule has 0 fully saturated rings. The maximum Gasteiger partial charge on any atom is 0.244 e. The van der Waals surface area contributed by atoms with Gasteiger partial charge in [-0.2, -0.15) is 0 Å². The number of carbonyl (C=O) groups is 2. The van der Waals surface area contributed by atoms with Gasteiger partial charge in [0.1, 0.15) is 12.6 Å². The van der Waals surface area contributed by atoms with Crippen LogP contribution >= 0.6 is 23.2 Å². The lowest BCUT2D eigenvalue weighted by Gasteiger charge is -2.33. The summed E-state index contributed by atoms with van der Waals surface area (Å²) < 4.78 is 26.2. The van der Waals surface area contributed by atoms with Gasteiger partial charge in [-0.15, -0.1) is 0 Å². The average Bonchev–Trinajstić information content (AvgIpc) is 2.73. The lowest BCUT2D eigenvalue weighted by atomic mass is 10.1. The summed E-state index contributed by atoms with van der Waals surface area (Å²) in [5, 5.41) is 3.27. The molecule has 2 rings (SSSR count). The standard InChI is InChI=1S/C24H31Cl2N3O4S/c1-6-21(24(31)27-16(2)3)28(14-18-10-8-7-9-17(18)4)23(30)15-29(34(5,32)33)22-13-19(25)11-12-20(22)26/h7-13,16,21H,6,14-15H2,1-5H3,(H,27,31)/t21-/m0/s1. The van der Waals surface area contributed by atoms with Crippen molar-refractivity contribution in [1.82, 2.24) is 10.2 Å². The van der Waals surface area contributed by atoms with E-state index >= 15 is 0 Å². The smallest absolute Gasteiger partial charge is 0.244 e. The first-order chi connectivity index (χ1) is 15.8. The first-order valence-corrected chi connectivity index (χ1v) is 13.5. The lowest BCUT2D eigenvalue weighted by molar-refractivity contribution is -0.140. The van der Waals surface area contributed by atoms with Crippen LogP contribution in [-0.4, -0.2) is 50.0 Å². The molecule has 0 spiro atoms. The van der Waals surface area contributed by atoms with Gasteiger partial charge in [-0.1, -0.05) is 54.4 Å². The van der Waals surface area contributed by atoms with Crippen LogP contribution in [0.5, 0.6) is 0 Å². The van der Waals surface area contributed by atoms with Crippen molar-refractivity contribution in [3.8, 4) is 0 Å². The molecule has 2 aromatic rings. The summed E-state index contributed by atoms with van der Waals surface area (Å²) in [5.74, 6) is -0.832. The van der Waals surface area contributed by atoms with Gasteiger partial charge < -0.3 is 10.2 Å². The van der Waals surface area contributed by atoms with Crippen LogP contribution in [0.2, 0.25) is 10.0 Å². The second-order valence-corrected chi connectivity index (χ2v) is 11.2. The van der Waals surface area contributed by atoms with Crippen LogP contribution < -0.4 is 9.62 Å². The summed E-state index contributed by atoms with van der Waals surface area (Å²) >= 11 is 12.3. The fourth-order valence-corrected chi connectivity index (χ4v) is 4.83. The van der Waals surface area contributed by atoms with E-state index in [2.05, 4.69) is 5.32 Å². The molecule has 0 aliphatic heterocycles. The van der Waals surface area contributed by atoms with E-state index in [1.165, 1.54) is 23.1 Å². The monoisotopic (exact) mass is 527 g/mol. The number of rotatable bonds is 10. The Morgan fingerprint density at radius 2 is 1.74 bits per heavy atom. The Kier molecular flexibility index (Phi) is 9.79. The van der Waals surface area contributed by atoms with Crippen LogP contribution in [0.1, 0.15) is 38.3 Å². The zero-order chi connectivity index (χ0) is 25.6. The molecule has 0 saturated carbocycles.